The molecule has 0 saturated heterocycles. The molecule has 0 saturated carbocycles. The molecule has 0 unspecified atom stereocenters. The van der Waals surface area contributed by atoms with Gasteiger partial charge < -0.3 is 9.13 Å². The second-order valence-electron chi connectivity index (χ2n) is 25.9. The molecule has 2 aliphatic rings. The van der Waals surface area contributed by atoms with Crippen LogP contribution in [0.25, 0.3) is 87.3 Å². The molecule has 0 atom stereocenters. The van der Waals surface area contributed by atoms with Gasteiger partial charge in [-0.25, -0.2) is 0 Å². The van der Waals surface area contributed by atoms with E-state index in [1.165, 1.54) is 137 Å². The van der Waals surface area contributed by atoms with E-state index in [1.807, 2.05) is 0 Å². The fourth-order valence-corrected chi connectivity index (χ4v) is 12.8. The highest BCUT2D eigenvalue weighted by atomic mass is 15.0. The maximum Gasteiger partial charge on any atom is 0.252 e. The van der Waals surface area contributed by atoms with E-state index in [0.29, 0.717) is 0 Å². The third kappa shape index (κ3) is 5.87. The lowest BCUT2D eigenvalue weighted by Crippen LogP contribution is -2.59. The lowest BCUT2D eigenvalue weighted by molar-refractivity contribution is 0.590. The van der Waals surface area contributed by atoms with E-state index < -0.39 is 0 Å². The van der Waals surface area contributed by atoms with Gasteiger partial charge >= 0.3 is 0 Å². The molecule has 346 valence electrons. The minimum Gasteiger partial charge on any atom is -0.310 e. The molecule has 0 bridgehead atoms. The van der Waals surface area contributed by atoms with Gasteiger partial charge in [-0.2, -0.15) is 0 Å². The highest BCUT2D eigenvalue weighted by molar-refractivity contribution is 7.00. The Morgan fingerprint density at radius 2 is 0.786 bits per heavy atom. The molecule has 0 spiro atoms. The molecule has 0 aliphatic carbocycles. The van der Waals surface area contributed by atoms with Gasteiger partial charge in [0.1, 0.15) is 0 Å². The zero-order chi connectivity index (χ0) is 48.9. The molecule has 3 heteroatoms. The maximum absolute atomic E-state index is 2.74. The Morgan fingerprint density at radius 1 is 0.329 bits per heavy atom. The number of aromatic nitrogens is 2. The summed E-state index contributed by atoms with van der Waals surface area (Å²) in [6.07, 6.45) is 0. The highest BCUT2D eigenvalue weighted by Crippen LogP contribution is 2.48. The standard InChI is InChI=1S/C67H65BN2/c1-63(2,3)39-25-28-55-48(30-39)51-33-42(65(7,8)9)35-53-60(51)69(55)57-37-50-45-27-24-41(67(13,14)38-20-16-15-17-21-38)32-47(45)44-22-18-19-23-46(44)58(50)62-59(57)68(53)54-36-43(66(10,11)12)34-52-49-31-40(64(4,5)6)26-29-56(49)70(62)61(52)54/h15-37H,1-14H3. The van der Waals surface area contributed by atoms with Gasteiger partial charge in [0.25, 0.3) is 6.71 Å². The van der Waals surface area contributed by atoms with Gasteiger partial charge in [-0.05, 0) is 147 Å². The molecule has 2 nitrogen and oxygen atoms in total. The average molecular weight is 909 g/mol. The number of nitrogens with zero attached hydrogens (tertiary/aromatic N) is 2. The molecule has 11 aromatic rings. The normalized spacial score (nSPS) is 14.1. The smallest absolute Gasteiger partial charge is 0.252 e. The van der Waals surface area contributed by atoms with E-state index >= 15 is 0 Å². The summed E-state index contributed by atoms with van der Waals surface area (Å²) in [6, 6.07) is 55.4. The van der Waals surface area contributed by atoms with Crippen molar-refractivity contribution in [1.82, 2.24) is 9.13 Å². The fourth-order valence-electron chi connectivity index (χ4n) is 12.8. The Hall–Kier alpha value is -6.58. The number of hydrogen-bond acceptors (Lipinski definition) is 0. The predicted octanol–water partition coefficient (Wildman–Crippen LogP) is 16.0. The van der Waals surface area contributed by atoms with E-state index in [-0.39, 0.29) is 33.8 Å². The van der Waals surface area contributed by atoms with E-state index in [4.69, 9.17) is 0 Å². The molecular formula is C67H65BN2. The van der Waals surface area contributed by atoms with Crippen molar-refractivity contribution in [1.29, 1.82) is 0 Å². The predicted molar refractivity (Wildman–Crippen MR) is 306 cm³/mol. The van der Waals surface area contributed by atoms with Crippen LogP contribution in [-0.4, -0.2) is 15.8 Å². The van der Waals surface area contributed by atoms with Crippen LogP contribution in [0, 0.1) is 0 Å². The first-order chi connectivity index (χ1) is 33.0. The fraction of sp³-hybridized carbons (Fsp3) is 0.284. The van der Waals surface area contributed by atoms with Gasteiger partial charge in [-0.15, -0.1) is 0 Å². The Balaban J connectivity index is 1.29. The zero-order valence-corrected chi connectivity index (χ0v) is 43.8. The second-order valence-corrected chi connectivity index (χ2v) is 25.9. The van der Waals surface area contributed by atoms with Crippen molar-refractivity contribution in [2.75, 3.05) is 0 Å². The Morgan fingerprint density at radius 3 is 1.34 bits per heavy atom. The third-order valence-electron chi connectivity index (χ3n) is 17.0. The van der Waals surface area contributed by atoms with Crippen molar-refractivity contribution in [3.8, 4) is 11.4 Å². The monoisotopic (exact) mass is 909 g/mol. The van der Waals surface area contributed by atoms with E-state index in [9.17, 15) is 0 Å². The van der Waals surface area contributed by atoms with Gasteiger partial charge in [-0.1, -0.05) is 188 Å². The van der Waals surface area contributed by atoms with Gasteiger partial charge in [0, 0.05) is 49.1 Å². The van der Waals surface area contributed by atoms with Crippen molar-refractivity contribution >= 4 is 99.0 Å². The SMILES string of the molecule is CC(C)(C)c1ccc2c(c1)c1cc(C(C)(C)C)cc3c1n2-c1cc2c4ccc(C(C)(C)c5ccccc5)cc4c4ccccc4c2c2c1B3c1cc(C(C)(C)C)cc3c4cc(C(C)(C)C)ccc4n-2c13. The van der Waals surface area contributed by atoms with Crippen LogP contribution in [-0.2, 0) is 27.1 Å². The van der Waals surface area contributed by atoms with Crippen molar-refractivity contribution in [3.05, 3.63) is 173 Å². The number of rotatable bonds is 2. The Kier molecular flexibility index (Phi) is 8.59. The van der Waals surface area contributed by atoms with Gasteiger partial charge in [-0.3, -0.25) is 0 Å². The molecule has 2 aromatic heterocycles. The van der Waals surface area contributed by atoms with Crippen molar-refractivity contribution in [2.24, 2.45) is 0 Å². The molecule has 70 heavy (non-hydrogen) atoms. The first kappa shape index (κ1) is 43.4. The Labute approximate surface area is 414 Å². The molecule has 2 aliphatic heterocycles. The van der Waals surface area contributed by atoms with Crippen LogP contribution >= 0.6 is 0 Å². The van der Waals surface area contributed by atoms with Gasteiger partial charge in [0.05, 0.1) is 16.7 Å². The van der Waals surface area contributed by atoms with Crippen LogP contribution < -0.4 is 16.4 Å². The summed E-state index contributed by atoms with van der Waals surface area (Å²) in [5.74, 6) is 0. The minimum atomic E-state index is -0.186. The molecule has 13 rings (SSSR count). The minimum absolute atomic E-state index is 0.00399. The number of fused-ring (bicyclic) bond motifs is 17. The summed E-state index contributed by atoms with van der Waals surface area (Å²) >= 11 is 0. The van der Waals surface area contributed by atoms with Crippen LogP contribution in [0.4, 0.5) is 0 Å². The lowest BCUT2D eigenvalue weighted by atomic mass is 9.33. The van der Waals surface area contributed by atoms with Gasteiger partial charge in [0.2, 0.25) is 0 Å². The molecule has 4 heterocycles. The maximum atomic E-state index is 2.74. The molecule has 9 aromatic carbocycles. The topological polar surface area (TPSA) is 9.86 Å². The molecule has 0 N–H and O–H groups in total. The summed E-state index contributed by atoms with van der Waals surface area (Å²) in [7, 11) is 0. The summed E-state index contributed by atoms with van der Waals surface area (Å²) in [6.45, 7) is 33.2. The number of hydrogen-bond donors (Lipinski definition) is 0. The quantitative estimate of drug-likeness (QED) is 0.121. The first-order valence-electron chi connectivity index (χ1n) is 25.8. The summed E-state index contributed by atoms with van der Waals surface area (Å²) < 4.78 is 5.43. The molecular weight excluding hydrogens is 844 g/mol. The largest absolute Gasteiger partial charge is 0.310 e. The highest BCUT2D eigenvalue weighted by Gasteiger charge is 2.44. The first-order valence-corrected chi connectivity index (χ1v) is 25.8. The lowest BCUT2D eigenvalue weighted by Gasteiger charge is -2.36. The molecule has 0 fully saturated rings. The van der Waals surface area contributed by atoms with Crippen LogP contribution in [0.2, 0.25) is 0 Å². The number of benzene rings is 9. The Bertz CT molecular complexity index is 4110. The molecule has 0 amide bonds. The van der Waals surface area contributed by atoms with E-state index in [1.54, 1.807) is 0 Å². The average Bonchev–Trinajstić information content (AvgIpc) is 3.83. The summed E-state index contributed by atoms with van der Waals surface area (Å²) in [4.78, 5) is 0. The second kappa shape index (κ2) is 13.8. The van der Waals surface area contributed by atoms with Crippen LogP contribution in [0.3, 0.4) is 0 Å². The van der Waals surface area contributed by atoms with E-state index in [0.717, 1.165) is 0 Å². The van der Waals surface area contributed by atoms with E-state index in [2.05, 4.69) is 246 Å². The van der Waals surface area contributed by atoms with Gasteiger partial charge in [0.15, 0.2) is 0 Å². The van der Waals surface area contributed by atoms with Crippen molar-refractivity contribution in [3.63, 3.8) is 0 Å². The van der Waals surface area contributed by atoms with Crippen LogP contribution in [0.15, 0.2) is 140 Å². The van der Waals surface area contributed by atoms with Crippen LogP contribution in [0.5, 0.6) is 0 Å². The van der Waals surface area contributed by atoms with Crippen molar-refractivity contribution in [2.45, 2.75) is 124 Å². The third-order valence-corrected chi connectivity index (χ3v) is 17.0. The summed E-state index contributed by atoms with van der Waals surface area (Å²) in [5.41, 5.74) is 20.0. The molecule has 0 radical (unpaired) electrons. The summed E-state index contributed by atoms with van der Waals surface area (Å²) in [5, 5.41) is 13.2. The zero-order valence-electron chi connectivity index (χ0n) is 43.8. The van der Waals surface area contributed by atoms with Crippen LogP contribution in [0.1, 0.15) is 130 Å². The van der Waals surface area contributed by atoms with Crippen molar-refractivity contribution < 1.29 is 0 Å².